The number of nitrogens with zero attached hydrogens (tertiary/aromatic N) is 4. The van der Waals surface area contributed by atoms with Crippen LogP contribution in [0.25, 0.3) is 0 Å². The van der Waals surface area contributed by atoms with Crippen LogP contribution >= 0.6 is 0 Å². The van der Waals surface area contributed by atoms with Crippen LogP contribution in [0.2, 0.25) is 0 Å². The highest BCUT2D eigenvalue weighted by Gasteiger charge is 2.22. The van der Waals surface area contributed by atoms with E-state index in [2.05, 4.69) is 24.5 Å². The van der Waals surface area contributed by atoms with Crippen molar-refractivity contribution < 1.29 is 210 Å². The average Bonchev–Trinajstić information content (AvgIpc) is 0.899. The van der Waals surface area contributed by atoms with Crippen molar-refractivity contribution in [2.24, 2.45) is 5.92 Å². The van der Waals surface area contributed by atoms with Crippen LogP contribution in [-0.4, -0.2) is 632 Å². The van der Waals surface area contributed by atoms with Crippen molar-refractivity contribution in [3.05, 3.63) is 0 Å². The van der Waals surface area contributed by atoms with E-state index in [-0.39, 0.29) is 51.1 Å². The molecule has 0 aromatic rings. The Labute approximate surface area is 879 Å². The fraction of sp³-hybridized carbons (Fsp3) is 0.949. The van der Waals surface area contributed by atoms with Gasteiger partial charge in [-0.15, -0.1) is 0 Å². The molecular formula is C98H192N6O44. The Balaban J connectivity index is 1.64. The van der Waals surface area contributed by atoms with Gasteiger partial charge in [-0.3, -0.25) is 43.6 Å². The van der Waals surface area contributed by atoms with E-state index in [4.69, 9.17) is 171 Å². The van der Waals surface area contributed by atoms with Gasteiger partial charge < -0.3 is 196 Å². The number of carboxylic acids is 3. The molecule has 1 rings (SSSR count). The minimum Gasteiger partial charge on any atom is -0.480 e. The van der Waals surface area contributed by atoms with Crippen LogP contribution in [-0.2, 0) is 194 Å². The number of ether oxygens (including phenoxy) is 36. The molecule has 2 amide bonds. The minimum atomic E-state index is -1.03. The summed E-state index contributed by atoms with van der Waals surface area (Å²) in [7, 11) is 0. The fourth-order valence-corrected chi connectivity index (χ4v) is 12.3. The van der Waals surface area contributed by atoms with Gasteiger partial charge in [-0.25, -0.2) is 0 Å². The number of carbonyl (C=O) groups is 5. The maximum Gasteiger partial charge on any atom is 0.317 e. The maximum atomic E-state index is 12.9. The van der Waals surface area contributed by atoms with Crippen LogP contribution in [0.15, 0.2) is 0 Å². The van der Waals surface area contributed by atoms with Crippen molar-refractivity contribution in [2.75, 3.05) is 567 Å². The lowest BCUT2D eigenvalue weighted by Gasteiger charge is -2.32. The standard InChI is InChI=1S/C98H192N6O44/c1-93(2)5-3-4-7-99-94(105)6-17-113-19-21-115-23-25-117-27-29-119-31-33-121-35-37-123-39-41-125-43-45-127-47-49-129-51-53-131-55-57-133-59-61-135-63-65-137-67-69-139-71-73-141-75-77-143-79-81-145-83-85-147-87-88-148-86-84-146-82-80-144-78-76-142-74-72-140-70-68-138-66-64-136-62-60-134-58-56-132-54-52-130-50-48-128-46-44-126-42-40-124-38-36-122-34-32-120-30-28-118-26-24-116-22-20-114-18-8-100-95(106)89-101-9-11-102(90-96(107)108)13-15-104(92-98(111)112)16-14-103(12-10-101)91-97(109)110/h93H,3-92H2,1-2H3,(H,99,105)(H,100,106)(H,107,108)(H,109,110)(H,111,112). The quantitative estimate of drug-likeness (QED) is 0.0480. The van der Waals surface area contributed by atoms with Gasteiger partial charge in [0, 0.05) is 71.9 Å². The van der Waals surface area contributed by atoms with Crippen LogP contribution in [0.1, 0.15) is 39.5 Å². The van der Waals surface area contributed by atoms with Gasteiger partial charge >= 0.3 is 17.9 Å². The second-order valence-electron chi connectivity index (χ2n) is 32.7. The van der Waals surface area contributed by atoms with Crippen LogP contribution in [0.5, 0.6) is 0 Å². The van der Waals surface area contributed by atoms with Crippen molar-refractivity contribution in [3.63, 3.8) is 0 Å². The van der Waals surface area contributed by atoms with Crippen molar-refractivity contribution in [3.8, 4) is 0 Å². The third-order valence-corrected chi connectivity index (χ3v) is 20.0. The summed E-state index contributed by atoms with van der Waals surface area (Å²) in [4.78, 5) is 66.1. The Morgan fingerprint density at radius 2 is 0.304 bits per heavy atom. The van der Waals surface area contributed by atoms with Crippen LogP contribution in [0.3, 0.4) is 0 Å². The van der Waals surface area contributed by atoms with Gasteiger partial charge in [-0.2, -0.15) is 0 Å². The Hall–Kier alpha value is -4.25. The van der Waals surface area contributed by atoms with Gasteiger partial charge in [0.15, 0.2) is 0 Å². The zero-order chi connectivity index (χ0) is 106. The van der Waals surface area contributed by atoms with Crippen LogP contribution < -0.4 is 10.6 Å². The first-order valence-corrected chi connectivity index (χ1v) is 52.8. The minimum absolute atomic E-state index is 0.0217. The first-order chi connectivity index (χ1) is 72.9. The molecule has 0 aromatic carbocycles. The smallest absolute Gasteiger partial charge is 0.317 e. The summed E-state index contributed by atoms with van der Waals surface area (Å²) >= 11 is 0. The molecule has 0 radical (unpaired) electrons. The molecule has 0 aromatic heterocycles. The van der Waals surface area contributed by atoms with E-state index >= 15 is 0 Å². The summed E-state index contributed by atoms with van der Waals surface area (Å²) in [5.41, 5.74) is 0. The SMILES string of the molecule is CC(C)CCCCNC(=O)CCOCCOCCOCCOCCOCCOCCOCCOCCOCCOCCOCCOCCOCCOCCOCCOCCOCCOCCOCCOCCOCCOCCOCCOCCOCCOCCOCCOCCOCCOCCOCCOCCOCCOCCOCCOCCNC(=O)CN1CCN(CC(=O)O)CCN(CC(=O)O)CCN(CC(=O)O)CC1. The number of unbranched alkanes of at least 4 members (excludes halogenated alkanes) is 1. The topological polar surface area (TPSA) is 515 Å². The molecule has 1 aliphatic rings. The number of hydrogen-bond donors (Lipinski definition) is 5. The molecule has 0 unspecified atom stereocenters. The van der Waals surface area contributed by atoms with Crippen molar-refractivity contribution in [1.82, 2.24) is 30.2 Å². The molecule has 0 aliphatic carbocycles. The molecule has 0 saturated carbocycles. The van der Waals surface area contributed by atoms with Gasteiger partial charge in [-0.05, 0) is 12.3 Å². The van der Waals surface area contributed by atoms with Crippen molar-refractivity contribution in [2.45, 2.75) is 39.5 Å². The second-order valence-corrected chi connectivity index (χ2v) is 32.7. The Morgan fingerprint density at radius 3 is 0.446 bits per heavy atom. The molecular weight excluding hydrogens is 1970 g/mol. The molecule has 148 heavy (non-hydrogen) atoms. The van der Waals surface area contributed by atoms with Gasteiger partial charge in [0.1, 0.15) is 0 Å². The summed E-state index contributed by atoms with van der Waals surface area (Å²) in [5, 5.41) is 34.0. The largest absolute Gasteiger partial charge is 0.480 e. The highest BCUT2D eigenvalue weighted by Crippen LogP contribution is 2.07. The lowest BCUT2D eigenvalue weighted by atomic mass is 10.1. The fourth-order valence-electron chi connectivity index (χ4n) is 12.3. The molecule has 0 bridgehead atoms. The Kier molecular flexibility index (Phi) is 116. The highest BCUT2D eigenvalue weighted by atomic mass is 16.6. The molecule has 50 heteroatoms. The zero-order valence-corrected chi connectivity index (χ0v) is 89.6. The van der Waals surface area contributed by atoms with Crippen LogP contribution in [0, 0.1) is 5.92 Å². The van der Waals surface area contributed by atoms with E-state index in [1.165, 1.54) is 6.42 Å². The molecule has 1 saturated heterocycles. The normalized spacial score (nSPS) is 13.4. The number of carbonyl (C=O) groups excluding carboxylic acids is 2. The third kappa shape index (κ3) is 119. The van der Waals surface area contributed by atoms with Gasteiger partial charge in [-0.1, -0.05) is 26.7 Å². The monoisotopic (exact) mass is 2160 g/mol. The average molecular weight is 2160 g/mol. The Bertz CT molecular complexity index is 2640. The summed E-state index contributed by atoms with van der Waals surface area (Å²) < 4.78 is 200. The highest BCUT2D eigenvalue weighted by molar-refractivity contribution is 5.78. The zero-order valence-electron chi connectivity index (χ0n) is 89.6. The molecule has 878 valence electrons. The first-order valence-electron chi connectivity index (χ1n) is 52.8. The molecule has 0 atom stereocenters. The van der Waals surface area contributed by atoms with Gasteiger partial charge in [0.05, 0.1) is 502 Å². The predicted octanol–water partition coefficient (Wildman–Crippen LogP) is -0.492. The number of amides is 2. The summed E-state index contributed by atoms with van der Waals surface area (Å²) in [6, 6.07) is 0. The first kappa shape index (κ1) is 142. The number of rotatable bonds is 124. The molecule has 1 aliphatic heterocycles. The van der Waals surface area contributed by atoms with E-state index < -0.39 is 17.9 Å². The molecule has 1 heterocycles. The summed E-state index contributed by atoms with van der Waals surface area (Å²) in [6.07, 6.45) is 3.70. The number of nitrogens with one attached hydrogen (secondary N) is 2. The number of aliphatic carboxylic acids is 3. The van der Waals surface area contributed by atoms with E-state index in [1.54, 1.807) is 14.7 Å². The van der Waals surface area contributed by atoms with Gasteiger partial charge in [0.25, 0.3) is 0 Å². The summed E-state index contributed by atoms with van der Waals surface area (Å²) in [5.74, 6) is -2.59. The number of carboxylic acid groups (broad SMARTS) is 3. The predicted molar refractivity (Wildman–Crippen MR) is 537 cm³/mol. The van der Waals surface area contributed by atoms with E-state index in [1.807, 2.05) is 4.90 Å². The molecule has 0 spiro atoms. The summed E-state index contributed by atoms with van der Waals surface area (Å²) in [6.45, 7) is 39.8. The molecule has 50 nitrogen and oxygen atoms in total. The lowest BCUT2D eigenvalue weighted by Crippen LogP contribution is -2.50. The lowest BCUT2D eigenvalue weighted by molar-refractivity contribution is -0.140. The maximum absolute atomic E-state index is 12.9. The van der Waals surface area contributed by atoms with Crippen LogP contribution in [0.4, 0.5) is 0 Å². The van der Waals surface area contributed by atoms with Crippen molar-refractivity contribution in [1.29, 1.82) is 0 Å². The molecule has 5 N–H and O–H groups in total. The third-order valence-electron chi connectivity index (χ3n) is 20.0. The van der Waals surface area contributed by atoms with Gasteiger partial charge in [0.2, 0.25) is 11.8 Å². The second kappa shape index (κ2) is 121. The Morgan fingerprint density at radius 1 is 0.176 bits per heavy atom. The van der Waals surface area contributed by atoms with E-state index in [9.17, 15) is 39.3 Å². The molecule has 1 fully saturated rings. The number of hydrogen-bond acceptors (Lipinski definition) is 45. The van der Waals surface area contributed by atoms with E-state index in [0.29, 0.717) is 534 Å². The van der Waals surface area contributed by atoms with E-state index in [0.717, 1.165) is 19.4 Å². The van der Waals surface area contributed by atoms with Crippen molar-refractivity contribution >= 4 is 29.7 Å².